The third kappa shape index (κ3) is 5.48. The Bertz CT molecular complexity index is 915. The highest BCUT2D eigenvalue weighted by Gasteiger charge is 2.24. The molecule has 0 saturated heterocycles. The van der Waals surface area contributed by atoms with Gasteiger partial charge in [0, 0.05) is 40.5 Å². The first-order chi connectivity index (χ1) is 14.6. The van der Waals surface area contributed by atoms with Crippen LogP contribution in [0, 0.1) is 0 Å². The van der Waals surface area contributed by atoms with E-state index >= 15 is 0 Å². The molecule has 1 aromatic heterocycles. The molecule has 3 nitrogen and oxygen atoms in total. The van der Waals surface area contributed by atoms with E-state index in [0.717, 1.165) is 30.5 Å². The van der Waals surface area contributed by atoms with Gasteiger partial charge in [-0.25, -0.2) is 4.39 Å². The number of fused-ring (bicyclic) bond motifs is 1. The monoisotopic (exact) mass is 426 g/mol. The van der Waals surface area contributed by atoms with Gasteiger partial charge in [-0.1, -0.05) is 30.9 Å². The van der Waals surface area contributed by atoms with E-state index in [0.29, 0.717) is 29.0 Å². The van der Waals surface area contributed by atoms with Crippen molar-refractivity contribution in [3.05, 3.63) is 69.8 Å². The number of nitrogens with zero attached hydrogens (tertiary/aromatic N) is 1. The van der Waals surface area contributed by atoms with Gasteiger partial charge in [0.05, 0.1) is 0 Å². The summed E-state index contributed by atoms with van der Waals surface area (Å²) in [6.45, 7) is 0. The zero-order valence-corrected chi connectivity index (χ0v) is 17.9. The molecule has 0 aliphatic heterocycles. The van der Waals surface area contributed by atoms with E-state index in [2.05, 4.69) is 16.4 Å². The molecule has 1 amide bonds. The van der Waals surface area contributed by atoms with Gasteiger partial charge in [-0.15, -0.1) is 0 Å². The first-order valence-corrected chi connectivity index (χ1v) is 11.4. The van der Waals surface area contributed by atoms with Crippen molar-refractivity contribution in [3.8, 4) is 0 Å². The summed E-state index contributed by atoms with van der Waals surface area (Å²) >= 11 is 5.70. The third-order valence-corrected chi connectivity index (χ3v) is 6.32. The van der Waals surface area contributed by atoms with Gasteiger partial charge < -0.3 is 5.32 Å². The Balaban J connectivity index is 0.000000151. The number of benzene rings is 1. The van der Waals surface area contributed by atoms with E-state index in [1.165, 1.54) is 37.7 Å². The van der Waals surface area contributed by atoms with Crippen LogP contribution in [0.5, 0.6) is 0 Å². The van der Waals surface area contributed by atoms with Crippen LogP contribution in [0.3, 0.4) is 0 Å². The van der Waals surface area contributed by atoms with Crippen LogP contribution >= 0.6 is 11.6 Å². The standard InChI is InChI=1S/C15H18FN.C10H10ClNO/c16-12-6-7-15-14(10-12)13(8-9-17-15)11-4-2-1-3-5-11;11-8-3-1-7(2-4-8)10(13)12-9-5-6-9/h8-11H,1-7H2;1-4,9H,5-6H2,(H,12,13). The van der Waals surface area contributed by atoms with Crippen LogP contribution in [-0.4, -0.2) is 16.9 Å². The number of hydrogen-bond acceptors (Lipinski definition) is 2. The van der Waals surface area contributed by atoms with Crippen molar-refractivity contribution < 1.29 is 9.18 Å². The second-order valence-corrected chi connectivity index (χ2v) is 8.88. The molecule has 0 unspecified atom stereocenters. The minimum absolute atomic E-state index is 0.000772. The molecule has 1 N–H and O–H groups in total. The summed E-state index contributed by atoms with van der Waals surface area (Å²) in [5.41, 5.74) is 4.19. The molecule has 1 heterocycles. The predicted octanol–water partition coefficient (Wildman–Crippen LogP) is 6.62. The fraction of sp³-hybridized carbons (Fsp3) is 0.440. The van der Waals surface area contributed by atoms with Crippen LogP contribution in [0.4, 0.5) is 4.39 Å². The number of hydrogen-bond donors (Lipinski definition) is 1. The number of amides is 1. The molecule has 3 aliphatic carbocycles. The topological polar surface area (TPSA) is 42.0 Å². The first-order valence-electron chi connectivity index (χ1n) is 11.0. The van der Waals surface area contributed by atoms with Crippen molar-refractivity contribution in [2.75, 3.05) is 0 Å². The quantitative estimate of drug-likeness (QED) is 0.599. The van der Waals surface area contributed by atoms with Crippen LogP contribution in [0.2, 0.25) is 5.02 Å². The van der Waals surface area contributed by atoms with Gasteiger partial charge in [-0.2, -0.15) is 0 Å². The van der Waals surface area contributed by atoms with Gasteiger partial charge in [0.1, 0.15) is 5.83 Å². The Kier molecular flexibility index (Phi) is 6.83. The first kappa shape index (κ1) is 21.0. The van der Waals surface area contributed by atoms with E-state index in [4.69, 9.17) is 11.6 Å². The van der Waals surface area contributed by atoms with E-state index in [9.17, 15) is 9.18 Å². The Morgan fingerprint density at radius 1 is 1.00 bits per heavy atom. The Labute approximate surface area is 182 Å². The fourth-order valence-corrected chi connectivity index (χ4v) is 4.36. The van der Waals surface area contributed by atoms with E-state index in [-0.39, 0.29) is 11.7 Å². The van der Waals surface area contributed by atoms with Gasteiger partial charge in [0.25, 0.3) is 5.91 Å². The molecule has 2 fully saturated rings. The average molecular weight is 427 g/mol. The highest BCUT2D eigenvalue weighted by molar-refractivity contribution is 6.30. The minimum Gasteiger partial charge on any atom is -0.349 e. The molecule has 0 atom stereocenters. The third-order valence-electron chi connectivity index (χ3n) is 6.07. The second-order valence-electron chi connectivity index (χ2n) is 8.44. The SMILES string of the molecule is FC1=Cc2c(C3CCCCC3)ccnc2CC1.O=C(NC1CC1)c1ccc(Cl)cc1. The maximum absolute atomic E-state index is 13.4. The highest BCUT2D eigenvalue weighted by atomic mass is 35.5. The van der Waals surface area contributed by atoms with Gasteiger partial charge in [-0.3, -0.25) is 9.78 Å². The lowest BCUT2D eigenvalue weighted by Crippen LogP contribution is -2.25. The summed E-state index contributed by atoms with van der Waals surface area (Å²) in [5, 5.41) is 3.56. The lowest BCUT2D eigenvalue weighted by atomic mass is 9.81. The lowest BCUT2D eigenvalue weighted by Gasteiger charge is -2.25. The minimum atomic E-state index is -0.000772. The van der Waals surface area contributed by atoms with Crippen molar-refractivity contribution in [1.29, 1.82) is 0 Å². The summed E-state index contributed by atoms with van der Waals surface area (Å²) in [6, 6.07) is 9.43. The number of allylic oxidation sites excluding steroid dienone is 1. The van der Waals surface area contributed by atoms with Crippen LogP contribution < -0.4 is 5.32 Å². The van der Waals surface area contributed by atoms with Crippen molar-refractivity contribution >= 4 is 23.6 Å². The Morgan fingerprint density at radius 3 is 2.43 bits per heavy atom. The summed E-state index contributed by atoms with van der Waals surface area (Å²) in [5.74, 6) is 0.643. The molecule has 0 radical (unpaired) electrons. The maximum Gasteiger partial charge on any atom is 0.251 e. The largest absolute Gasteiger partial charge is 0.349 e. The number of pyridine rings is 1. The van der Waals surface area contributed by atoms with Crippen LogP contribution in [-0.2, 0) is 6.42 Å². The molecule has 158 valence electrons. The van der Waals surface area contributed by atoms with Crippen molar-refractivity contribution in [2.45, 2.75) is 69.7 Å². The number of aryl methyl sites for hydroxylation is 1. The fourth-order valence-electron chi connectivity index (χ4n) is 4.23. The summed E-state index contributed by atoms with van der Waals surface area (Å²) < 4.78 is 13.4. The molecular formula is C25H28ClFN2O. The summed E-state index contributed by atoms with van der Waals surface area (Å²) in [4.78, 5) is 15.9. The molecular weight excluding hydrogens is 399 g/mol. The van der Waals surface area contributed by atoms with Crippen LogP contribution in [0.15, 0.2) is 42.4 Å². The van der Waals surface area contributed by atoms with E-state index < -0.39 is 0 Å². The van der Waals surface area contributed by atoms with Crippen molar-refractivity contribution in [2.24, 2.45) is 0 Å². The molecule has 3 aliphatic rings. The zero-order valence-electron chi connectivity index (χ0n) is 17.2. The molecule has 0 bridgehead atoms. The van der Waals surface area contributed by atoms with Crippen molar-refractivity contribution in [3.63, 3.8) is 0 Å². The lowest BCUT2D eigenvalue weighted by molar-refractivity contribution is 0.0951. The summed E-state index contributed by atoms with van der Waals surface area (Å²) in [6.07, 6.45) is 13.6. The number of rotatable bonds is 3. The number of carbonyl (C=O) groups excluding carboxylic acids is 1. The maximum atomic E-state index is 13.4. The van der Waals surface area contributed by atoms with Crippen LogP contribution in [0.1, 0.15) is 84.5 Å². The van der Waals surface area contributed by atoms with Gasteiger partial charge in [-0.05, 0) is 80.0 Å². The van der Waals surface area contributed by atoms with Gasteiger partial charge >= 0.3 is 0 Å². The molecule has 30 heavy (non-hydrogen) atoms. The number of nitrogens with one attached hydrogen (secondary N) is 1. The molecule has 2 aromatic rings. The van der Waals surface area contributed by atoms with Crippen molar-refractivity contribution in [1.82, 2.24) is 10.3 Å². The number of halogens is 2. The van der Waals surface area contributed by atoms with E-state index in [1.54, 1.807) is 30.3 Å². The molecule has 1 aromatic carbocycles. The zero-order chi connectivity index (χ0) is 20.9. The Morgan fingerprint density at radius 2 is 1.73 bits per heavy atom. The Hall–Kier alpha value is -2.20. The molecule has 5 heteroatoms. The predicted molar refractivity (Wildman–Crippen MR) is 119 cm³/mol. The molecule has 0 spiro atoms. The average Bonchev–Trinajstić information content (AvgIpc) is 3.59. The molecule has 2 saturated carbocycles. The smallest absolute Gasteiger partial charge is 0.251 e. The van der Waals surface area contributed by atoms with E-state index in [1.807, 2.05) is 6.20 Å². The number of aromatic nitrogens is 1. The second kappa shape index (κ2) is 9.74. The van der Waals surface area contributed by atoms with Gasteiger partial charge in [0.2, 0.25) is 0 Å². The summed E-state index contributed by atoms with van der Waals surface area (Å²) in [7, 11) is 0. The molecule has 5 rings (SSSR count). The number of carbonyl (C=O) groups is 1. The van der Waals surface area contributed by atoms with Gasteiger partial charge in [0.15, 0.2) is 0 Å². The highest BCUT2D eigenvalue weighted by Crippen LogP contribution is 2.37. The van der Waals surface area contributed by atoms with Crippen LogP contribution in [0.25, 0.3) is 6.08 Å². The normalized spacial score (nSPS) is 18.5.